The van der Waals surface area contributed by atoms with Gasteiger partial charge in [-0.25, -0.2) is 9.59 Å². The van der Waals surface area contributed by atoms with Gasteiger partial charge in [0.05, 0.1) is 0 Å². The molecular weight excluding hydrogens is 258 g/mol. The summed E-state index contributed by atoms with van der Waals surface area (Å²) in [5.41, 5.74) is -0.0670. The molecule has 0 saturated carbocycles. The molecule has 0 aromatic carbocycles. The molecule has 0 aliphatic carbocycles. The molecule has 2 saturated heterocycles. The van der Waals surface area contributed by atoms with Crippen molar-refractivity contribution >= 4 is 12.0 Å². The Bertz CT molecular complexity index is 397. The summed E-state index contributed by atoms with van der Waals surface area (Å²) in [5.74, 6) is -0.883. The normalized spacial score (nSPS) is 27.4. The number of piperidine rings is 1. The summed E-state index contributed by atoms with van der Waals surface area (Å²) < 4.78 is 0. The zero-order valence-electron chi connectivity index (χ0n) is 12.6. The van der Waals surface area contributed by atoms with Crippen molar-refractivity contribution in [3.63, 3.8) is 0 Å². The number of hydrogen-bond donors (Lipinski definition) is 1. The number of likely N-dealkylation sites (N-methyl/N-ethyl adjacent to an activating group) is 1. The molecular formula is C14H25N3O3. The molecule has 1 N–H and O–H groups in total. The second kappa shape index (κ2) is 5.60. The molecule has 20 heavy (non-hydrogen) atoms. The molecule has 1 unspecified atom stereocenters. The maximum absolute atomic E-state index is 12.6. The zero-order chi connectivity index (χ0) is 14.9. The Balaban J connectivity index is 2.08. The van der Waals surface area contributed by atoms with Crippen LogP contribution in [-0.4, -0.2) is 76.6 Å². The van der Waals surface area contributed by atoms with E-state index >= 15 is 0 Å². The smallest absolute Gasteiger partial charge is 0.326 e. The summed E-state index contributed by atoms with van der Waals surface area (Å²) in [6.07, 6.45) is 2.35. The first-order valence-corrected chi connectivity index (χ1v) is 7.32. The van der Waals surface area contributed by atoms with Crippen LogP contribution in [0.3, 0.4) is 0 Å². The van der Waals surface area contributed by atoms with Crippen LogP contribution in [0.1, 0.15) is 33.1 Å². The van der Waals surface area contributed by atoms with Crippen molar-refractivity contribution in [3.8, 4) is 0 Å². The lowest BCUT2D eigenvalue weighted by atomic mass is 9.99. The van der Waals surface area contributed by atoms with Crippen LogP contribution in [0.4, 0.5) is 4.79 Å². The molecule has 2 fully saturated rings. The molecule has 2 aliphatic heterocycles. The Morgan fingerprint density at radius 2 is 1.85 bits per heavy atom. The van der Waals surface area contributed by atoms with Gasteiger partial charge in [-0.15, -0.1) is 0 Å². The fourth-order valence-corrected chi connectivity index (χ4v) is 3.00. The number of carbonyl (C=O) groups excluding carboxylic acids is 1. The van der Waals surface area contributed by atoms with Crippen molar-refractivity contribution in [3.05, 3.63) is 0 Å². The monoisotopic (exact) mass is 283 g/mol. The van der Waals surface area contributed by atoms with Gasteiger partial charge in [0.1, 0.15) is 6.04 Å². The summed E-state index contributed by atoms with van der Waals surface area (Å²) in [4.78, 5) is 29.5. The van der Waals surface area contributed by atoms with E-state index in [9.17, 15) is 14.7 Å². The lowest BCUT2D eigenvalue weighted by Gasteiger charge is -2.47. The van der Waals surface area contributed by atoms with Gasteiger partial charge >= 0.3 is 12.0 Å². The van der Waals surface area contributed by atoms with E-state index < -0.39 is 12.0 Å². The van der Waals surface area contributed by atoms with Gasteiger partial charge < -0.3 is 14.9 Å². The maximum atomic E-state index is 12.6. The lowest BCUT2D eigenvalue weighted by molar-refractivity contribution is -0.143. The lowest BCUT2D eigenvalue weighted by Crippen LogP contribution is -2.62. The Kier molecular flexibility index (Phi) is 4.22. The largest absolute Gasteiger partial charge is 0.480 e. The first kappa shape index (κ1) is 15.1. The third kappa shape index (κ3) is 2.90. The number of hydrogen-bond acceptors (Lipinski definition) is 3. The van der Waals surface area contributed by atoms with E-state index in [-0.39, 0.29) is 11.6 Å². The third-order valence-electron chi connectivity index (χ3n) is 4.62. The Labute approximate surface area is 120 Å². The van der Waals surface area contributed by atoms with Gasteiger partial charge in [0.2, 0.25) is 0 Å². The molecule has 0 aromatic heterocycles. The standard InChI is InChI=1S/C14H25N3O3/c1-14(2)10-16(9-8-15(14)3)13(20)17-7-5-4-6-11(17)12(18)19/h11H,4-10H2,1-3H3,(H,18,19). The van der Waals surface area contributed by atoms with Crippen LogP contribution in [-0.2, 0) is 4.79 Å². The van der Waals surface area contributed by atoms with E-state index in [0.29, 0.717) is 26.1 Å². The van der Waals surface area contributed by atoms with Crippen molar-refractivity contribution in [1.82, 2.24) is 14.7 Å². The number of nitrogens with zero attached hydrogens (tertiary/aromatic N) is 3. The Morgan fingerprint density at radius 1 is 1.15 bits per heavy atom. The van der Waals surface area contributed by atoms with Crippen LogP contribution in [0.5, 0.6) is 0 Å². The van der Waals surface area contributed by atoms with E-state index in [1.807, 2.05) is 0 Å². The molecule has 2 amide bonds. The number of likely N-dealkylation sites (tertiary alicyclic amines) is 1. The molecule has 0 radical (unpaired) electrons. The number of piperazine rings is 1. The zero-order valence-corrected chi connectivity index (χ0v) is 12.6. The maximum Gasteiger partial charge on any atom is 0.326 e. The number of carboxylic acids is 1. The summed E-state index contributed by atoms with van der Waals surface area (Å²) in [5, 5.41) is 9.28. The number of amides is 2. The van der Waals surface area contributed by atoms with Crippen molar-refractivity contribution in [2.24, 2.45) is 0 Å². The molecule has 114 valence electrons. The average molecular weight is 283 g/mol. The first-order chi connectivity index (χ1) is 9.33. The SMILES string of the molecule is CN1CCN(C(=O)N2CCCCC2C(=O)O)CC1(C)C. The molecule has 2 heterocycles. The van der Waals surface area contributed by atoms with Gasteiger partial charge in [0.25, 0.3) is 0 Å². The quantitative estimate of drug-likeness (QED) is 0.782. The van der Waals surface area contributed by atoms with Gasteiger partial charge in [-0.1, -0.05) is 0 Å². The van der Waals surface area contributed by atoms with Gasteiger partial charge in [0.15, 0.2) is 0 Å². The number of aliphatic carboxylic acids is 1. The molecule has 0 aromatic rings. The topological polar surface area (TPSA) is 64.1 Å². The van der Waals surface area contributed by atoms with Gasteiger partial charge in [-0.3, -0.25) is 4.90 Å². The van der Waals surface area contributed by atoms with Crippen LogP contribution in [0, 0.1) is 0 Å². The number of carboxylic acid groups (broad SMARTS) is 1. The summed E-state index contributed by atoms with van der Waals surface area (Å²) in [6.45, 7) is 6.91. The van der Waals surface area contributed by atoms with Gasteiger partial charge in [-0.2, -0.15) is 0 Å². The van der Waals surface area contributed by atoms with Crippen LogP contribution >= 0.6 is 0 Å². The van der Waals surface area contributed by atoms with Crippen LogP contribution in [0.2, 0.25) is 0 Å². The molecule has 6 nitrogen and oxygen atoms in total. The van der Waals surface area contributed by atoms with Crippen LogP contribution in [0.25, 0.3) is 0 Å². The predicted octanol–water partition coefficient (Wildman–Crippen LogP) is 1.07. The van der Waals surface area contributed by atoms with E-state index in [1.165, 1.54) is 0 Å². The predicted molar refractivity (Wildman–Crippen MR) is 75.7 cm³/mol. The highest BCUT2D eigenvalue weighted by atomic mass is 16.4. The highest BCUT2D eigenvalue weighted by Crippen LogP contribution is 2.23. The van der Waals surface area contributed by atoms with Crippen molar-refractivity contribution in [1.29, 1.82) is 0 Å². The molecule has 2 aliphatic rings. The third-order valence-corrected chi connectivity index (χ3v) is 4.62. The minimum Gasteiger partial charge on any atom is -0.480 e. The number of carbonyl (C=O) groups is 2. The Hall–Kier alpha value is -1.30. The molecule has 1 atom stereocenters. The summed E-state index contributed by atoms with van der Waals surface area (Å²) in [6, 6.07) is -0.766. The van der Waals surface area contributed by atoms with Crippen LogP contribution in [0.15, 0.2) is 0 Å². The Morgan fingerprint density at radius 3 is 2.45 bits per heavy atom. The van der Waals surface area contributed by atoms with Gasteiger partial charge in [0, 0.05) is 31.7 Å². The molecule has 0 spiro atoms. The molecule has 0 bridgehead atoms. The first-order valence-electron chi connectivity index (χ1n) is 7.32. The van der Waals surface area contributed by atoms with Crippen LogP contribution < -0.4 is 0 Å². The highest BCUT2D eigenvalue weighted by Gasteiger charge is 2.38. The minimum atomic E-state index is -0.883. The second-order valence-electron chi connectivity index (χ2n) is 6.48. The molecule has 6 heteroatoms. The number of rotatable bonds is 1. The molecule has 2 rings (SSSR count). The number of urea groups is 1. The van der Waals surface area contributed by atoms with Crippen molar-refractivity contribution in [2.45, 2.75) is 44.7 Å². The van der Waals surface area contributed by atoms with Crippen molar-refractivity contribution in [2.75, 3.05) is 33.2 Å². The van der Waals surface area contributed by atoms with Crippen molar-refractivity contribution < 1.29 is 14.7 Å². The summed E-state index contributed by atoms with van der Waals surface area (Å²) in [7, 11) is 2.06. The summed E-state index contributed by atoms with van der Waals surface area (Å²) >= 11 is 0. The fraction of sp³-hybridized carbons (Fsp3) is 0.857. The van der Waals surface area contributed by atoms with E-state index in [0.717, 1.165) is 19.4 Å². The van der Waals surface area contributed by atoms with Gasteiger partial charge in [-0.05, 0) is 40.2 Å². The highest BCUT2D eigenvalue weighted by molar-refractivity contribution is 5.83. The average Bonchev–Trinajstić information content (AvgIpc) is 2.41. The fourth-order valence-electron chi connectivity index (χ4n) is 3.00. The van der Waals surface area contributed by atoms with E-state index in [1.54, 1.807) is 9.80 Å². The van der Waals surface area contributed by atoms with E-state index in [2.05, 4.69) is 25.8 Å². The second-order valence-corrected chi connectivity index (χ2v) is 6.48. The minimum absolute atomic E-state index is 0.0670. The van der Waals surface area contributed by atoms with E-state index in [4.69, 9.17) is 0 Å².